The highest BCUT2D eigenvalue weighted by Gasteiger charge is 2.12. The highest BCUT2D eigenvalue weighted by Crippen LogP contribution is 2.19. The van der Waals surface area contributed by atoms with Crippen LogP contribution in [0.2, 0.25) is 0 Å². The lowest BCUT2D eigenvalue weighted by Gasteiger charge is -1.98. The van der Waals surface area contributed by atoms with Gasteiger partial charge in [-0.05, 0) is 30.7 Å². The third kappa shape index (κ3) is 3.40. The van der Waals surface area contributed by atoms with Crippen LogP contribution in [-0.2, 0) is 11.2 Å². The molecule has 0 fully saturated rings. The van der Waals surface area contributed by atoms with Gasteiger partial charge in [0, 0.05) is 12.0 Å². The van der Waals surface area contributed by atoms with Crippen LogP contribution in [0.4, 0.5) is 0 Å². The summed E-state index contributed by atoms with van der Waals surface area (Å²) in [5, 5.41) is 3.88. The van der Waals surface area contributed by atoms with Crippen LogP contribution in [0.25, 0.3) is 11.4 Å². The van der Waals surface area contributed by atoms with Gasteiger partial charge in [-0.2, -0.15) is 4.98 Å². The van der Waals surface area contributed by atoms with Crippen LogP contribution in [0.3, 0.4) is 0 Å². The summed E-state index contributed by atoms with van der Waals surface area (Å²) in [6.07, 6.45) is 1.58. The minimum Gasteiger partial charge on any atom is -0.497 e. The molecule has 0 saturated heterocycles. The number of Topliss-reactive ketones (excluding diaryl/α,β-unsaturated/α-hetero) is 1. The summed E-state index contributed by atoms with van der Waals surface area (Å²) in [6, 6.07) is 7.35. The van der Waals surface area contributed by atoms with E-state index in [2.05, 4.69) is 10.1 Å². The second kappa shape index (κ2) is 6.13. The normalized spacial score (nSPS) is 10.4. The summed E-state index contributed by atoms with van der Waals surface area (Å²) in [4.78, 5) is 15.7. The topological polar surface area (TPSA) is 65.2 Å². The number of carbonyl (C=O) groups is 1. The van der Waals surface area contributed by atoms with Gasteiger partial charge in [-0.3, -0.25) is 4.79 Å². The van der Waals surface area contributed by atoms with Crippen LogP contribution in [0.15, 0.2) is 28.8 Å². The molecule has 2 aromatic rings. The van der Waals surface area contributed by atoms with Crippen molar-refractivity contribution in [3.63, 3.8) is 0 Å². The zero-order valence-electron chi connectivity index (χ0n) is 11.0. The molecule has 0 aliphatic heterocycles. The number of nitrogens with zero attached hydrogens (tertiary/aromatic N) is 2. The highest BCUT2D eigenvalue weighted by atomic mass is 16.5. The van der Waals surface area contributed by atoms with Gasteiger partial charge in [0.05, 0.1) is 13.5 Å². The number of carbonyl (C=O) groups excluding carboxylic acids is 1. The average Bonchev–Trinajstić information content (AvgIpc) is 2.87. The first-order valence-corrected chi connectivity index (χ1v) is 6.21. The number of ketones is 1. The van der Waals surface area contributed by atoms with E-state index in [9.17, 15) is 4.79 Å². The Balaban J connectivity index is 2.09. The SMILES string of the molecule is CCCC(=O)Cc1nc(-c2ccc(OC)cc2)no1. The lowest BCUT2D eigenvalue weighted by molar-refractivity contribution is -0.118. The van der Waals surface area contributed by atoms with E-state index < -0.39 is 0 Å². The minimum absolute atomic E-state index is 0.118. The van der Waals surface area contributed by atoms with Gasteiger partial charge in [0.1, 0.15) is 11.5 Å². The van der Waals surface area contributed by atoms with Crippen molar-refractivity contribution in [3.05, 3.63) is 30.2 Å². The molecule has 5 heteroatoms. The Hall–Kier alpha value is -2.17. The number of aromatic nitrogens is 2. The minimum atomic E-state index is 0.118. The van der Waals surface area contributed by atoms with Gasteiger partial charge in [-0.1, -0.05) is 12.1 Å². The van der Waals surface area contributed by atoms with E-state index in [1.807, 2.05) is 31.2 Å². The summed E-state index contributed by atoms with van der Waals surface area (Å²) >= 11 is 0. The fraction of sp³-hybridized carbons (Fsp3) is 0.357. The number of hydrogen-bond donors (Lipinski definition) is 0. The van der Waals surface area contributed by atoms with E-state index in [1.165, 1.54) is 0 Å². The zero-order valence-corrected chi connectivity index (χ0v) is 11.0. The molecule has 0 amide bonds. The van der Waals surface area contributed by atoms with Crippen molar-refractivity contribution in [2.45, 2.75) is 26.2 Å². The monoisotopic (exact) mass is 260 g/mol. The molecular weight excluding hydrogens is 244 g/mol. The molecule has 0 atom stereocenters. The van der Waals surface area contributed by atoms with E-state index >= 15 is 0 Å². The maximum absolute atomic E-state index is 11.5. The second-order valence-electron chi connectivity index (χ2n) is 4.21. The average molecular weight is 260 g/mol. The first-order valence-electron chi connectivity index (χ1n) is 6.21. The summed E-state index contributed by atoms with van der Waals surface area (Å²) < 4.78 is 10.2. The van der Waals surface area contributed by atoms with Gasteiger partial charge in [-0.15, -0.1) is 0 Å². The van der Waals surface area contributed by atoms with Crippen molar-refractivity contribution in [2.75, 3.05) is 7.11 Å². The summed E-state index contributed by atoms with van der Waals surface area (Å²) in [5.41, 5.74) is 0.832. The van der Waals surface area contributed by atoms with Crippen molar-refractivity contribution < 1.29 is 14.1 Å². The summed E-state index contributed by atoms with van der Waals surface area (Å²) in [5.74, 6) is 1.74. The van der Waals surface area contributed by atoms with Gasteiger partial charge in [0.25, 0.3) is 0 Å². The van der Waals surface area contributed by atoms with Gasteiger partial charge in [-0.25, -0.2) is 0 Å². The summed E-state index contributed by atoms with van der Waals surface area (Å²) in [6.45, 7) is 1.97. The van der Waals surface area contributed by atoms with Gasteiger partial charge < -0.3 is 9.26 Å². The molecule has 1 heterocycles. The van der Waals surface area contributed by atoms with E-state index in [-0.39, 0.29) is 12.2 Å². The number of hydrogen-bond acceptors (Lipinski definition) is 5. The molecule has 0 saturated carbocycles. The molecule has 0 N–H and O–H groups in total. The fourth-order valence-corrected chi connectivity index (χ4v) is 1.72. The Morgan fingerprint density at radius 1 is 1.32 bits per heavy atom. The van der Waals surface area contributed by atoms with Crippen LogP contribution < -0.4 is 4.74 Å². The van der Waals surface area contributed by atoms with Gasteiger partial charge >= 0.3 is 0 Å². The molecule has 0 unspecified atom stereocenters. The third-order valence-corrected chi connectivity index (χ3v) is 2.69. The van der Waals surface area contributed by atoms with Crippen molar-refractivity contribution in [1.29, 1.82) is 0 Å². The standard InChI is InChI=1S/C14H16N2O3/c1-3-4-11(17)9-13-15-14(16-19-13)10-5-7-12(18-2)8-6-10/h5-8H,3-4,9H2,1-2H3. The number of methoxy groups -OCH3 is 1. The predicted octanol–water partition coefficient (Wildman–Crippen LogP) is 2.66. The quantitative estimate of drug-likeness (QED) is 0.798. The van der Waals surface area contributed by atoms with Crippen molar-refractivity contribution >= 4 is 5.78 Å². The molecule has 1 aromatic carbocycles. The van der Waals surface area contributed by atoms with Gasteiger partial charge in [0.15, 0.2) is 0 Å². The Kier molecular flexibility index (Phi) is 4.28. The van der Waals surface area contributed by atoms with E-state index in [4.69, 9.17) is 9.26 Å². The highest BCUT2D eigenvalue weighted by molar-refractivity contribution is 5.79. The molecule has 0 radical (unpaired) electrons. The maximum Gasteiger partial charge on any atom is 0.234 e. The molecule has 0 spiro atoms. The Morgan fingerprint density at radius 2 is 2.05 bits per heavy atom. The molecule has 2 rings (SSSR count). The Labute approximate surface area is 111 Å². The number of ether oxygens (including phenoxy) is 1. The molecular formula is C14H16N2O3. The first-order chi connectivity index (χ1) is 9.22. The van der Waals surface area contributed by atoms with Crippen LogP contribution in [-0.4, -0.2) is 23.0 Å². The Morgan fingerprint density at radius 3 is 2.68 bits per heavy atom. The lowest BCUT2D eigenvalue weighted by atomic mass is 10.2. The first kappa shape index (κ1) is 13.3. The van der Waals surface area contributed by atoms with Crippen LogP contribution >= 0.6 is 0 Å². The van der Waals surface area contributed by atoms with E-state index in [0.29, 0.717) is 18.1 Å². The maximum atomic E-state index is 11.5. The number of benzene rings is 1. The molecule has 100 valence electrons. The van der Waals surface area contributed by atoms with Crippen LogP contribution in [0.1, 0.15) is 25.7 Å². The van der Waals surface area contributed by atoms with Crippen molar-refractivity contribution in [1.82, 2.24) is 10.1 Å². The van der Waals surface area contributed by atoms with Crippen LogP contribution in [0.5, 0.6) is 5.75 Å². The Bertz CT molecular complexity index is 546. The second-order valence-corrected chi connectivity index (χ2v) is 4.21. The van der Waals surface area contributed by atoms with Gasteiger partial charge in [0.2, 0.25) is 11.7 Å². The molecule has 1 aromatic heterocycles. The largest absolute Gasteiger partial charge is 0.497 e. The predicted molar refractivity (Wildman–Crippen MR) is 69.9 cm³/mol. The molecule has 0 bridgehead atoms. The smallest absolute Gasteiger partial charge is 0.234 e. The lowest BCUT2D eigenvalue weighted by Crippen LogP contribution is -2.01. The molecule has 0 aliphatic carbocycles. The van der Waals surface area contributed by atoms with E-state index in [1.54, 1.807) is 7.11 Å². The molecule has 5 nitrogen and oxygen atoms in total. The van der Waals surface area contributed by atoms with Crippen LogP contribution in [0, 0.1) is 0 Å². The molecule has 19 heavy (non-hydrogen) atoms. The zero-order chi connectivity index (χ0) is 13.7. The summed E-state index contributed by atoms with van der Waals surface area (Å²) in [7, 11) is 1.61. The number of rotatable bonds is 6. The fourth-order valence-electron chi connectivity index (χ4n) is 1.72. The van der Waals surface area contributed by atoms with E-state index in [0.717, 1.165) is 17.7 Å². The van der Waals surface area contributed by atoms with Crippen molar-refractivity contribution in [2.24, 2.45) is 0 Å². The third-order valence-electron chi connectivity index (χ3n) is 2.69. The molecule has 0 aliphatic rings. The van der Waals surface area contributed by atoms with Crippen molar-refractivity contribution in [3.8, 4) is 17.1 Å².